The van der Waals surface area contributed by atoms with Crippen LogP contribution in [0.2, 0.25) is 5.02 Å². The average Bonchev–Trinajstić information content (AvgIpc) is 2.86. The molecule has 0 fully saturated rings. The summed E-state index contributed by atoms with van der Waals surface area (Å²) in [5.74, 6) is -0.406. The number of aromatic nitrogens is 2. The predicted octanol–water partition coefficient (Wildman–Crippen LogP) is 3.74. The molecule has 2 aromatic rings. The number of carboxylic acid groups (broad SMARTS) is 1. The Kier molecular flexibility index (Phi) is 3.72. The Morgan fingerprint density at radius 2 is 2.33 bits per heavy atom. The molecule has 0 saturated carbocycles. The lowest BCUT2D eigenvalue weighted by molar-refractivity contribution is 0.0688. The highest BCUT2D eigenvalue weighted by Crippen LogP contribution is 2.31. The maximum absolute atomic E-state index is 11.5. The fraction of sp³-hybridized carbons (Fsp3) is 0.375. The van der Waals surface area contributed by atoms with Gasteiger partial charge in [-0.2, -0.15) is 5.10 Å². The molecule has 1 aliphatic rings. The van der Waals surface area contributed by atoms with Crippen LogP contribution in [0, 0.1) is 5.92 Å². The second-order valence-corrected chi connectivity index (χ2v) is 5.92. The monoisotopic (exact) mass is 304 g/mol. The van der Waals surface area contributed by atoms with Crippen molar-refractivity contribution in [2.24, 2.45) is 5.92 Å². The number of hydrogen-bond acceptors (Lipinski definition) is 2. The molecule has 1 aromatic heterocycles. The Hall–Kier alpha value is -1.81. The van der Waals surface area contributed by atoms with Crippen LogP contribution >= 0.6 is 11.6 Å². The lowest BCUT2D eigenvalue weighted by Gasteiger charge is -2.22. The number of carbonyl (C=O) groups is 1. The summed E-state index contributed by atoms with van der Waals surface area (Å²) in [5.41, 5.74) is 2.91. The summed E-state index contributed by atoms with van der Waals surface area (Å²) in [4.78, 5) is 11.5. The van der Waals surface area contributed by atoms with E-state index >= 15 is 0 Å². The summed E-state index contributed by atoms with van der Waals surface area (Å²) in [7, 11) is 0. The Morgan fingerprint density at radius 1 is 1.52 bits per heavy atom. The van der Waals surface area contributed by atoms with E-state index in [0.717, 1.165) is 42.6 Å². The van der Waals surface area contributed by atoms with Gasteiger partial charge < -0.3 is 5.11 Å². The van der Waals surface area contributed by atoms with Crippen molar-refractivity contribution in [3.05, 3.63) is 46.2 Å². The summed E-state index contributed by atoms with van der Waals surface area (Å²) in [6.45, 7) is 2.15. The zero-order valence-electron chi connectivity index (χ0n) is 11.8. The summed E-state index contributed by atoms with van der Waals surface area (Å²) < 4.78 is 1.75. The van der Waals surface area contributed by atoms with Gasteiger partial charge in [0.2, 0.25) is 0 Å². The Morgan fingerprint density at radius 3 is 3.00 bits per heavy atom. The first-order valence-corrected chi connectivity index (χ1v) is 7.58. The van der Waals surface area contributed by atoms with Gasteiger partial charge in [-0.3, -0.25) is 0 Å². The van der Waals surface area contributed by atoms with Crippen LogP contribution in [-0.4, -0.2) is 20.9 Å². The van der Waals surface area contributed by atoms with Gasteiger partial charge in [0.15, 0.2) is 5.69 Å². The van der Waals surface area contributed by atoms with Gasteiger partial charge >= 0.3 is 5.97 Å². The number of nitrogens with zero attached hydrogens (tertiary/aromatic N) is 2. The number of carboxylic acids is 1. The molecule has 110 valence electrons. The summed E-state index contributed by atoms with van der Waals surface area (Å²) >= 11 is 6.04. The van der Waals surface area contributed by atoms with Gasteiger partial charge in [-0.05, 0) is 43.4 Å². The van der Waals surface area contributed by atoms with Crippen molar-refractivity contribution in [3.8, 4) is 5.69 Å². The summed E-state index contributed by atoms with van der Waals surface area (Å²) in [5, 5.41) is 14.4. The van der Waals surface area contributed by atoms with Crippen LogP contribution in [0.1, 0.15) is 41.5 Å². The minimum Gasteiger partial charge on any atom is -0.476 e. The topological polar surface area (TPSA) is 55.1 Å². The van der Waals surface area contributed by atoms with Gasteiger partial charge in [0.05, 0.1) is 5.69 Å². The number of rotatable bonds is 3. The largest absolute Gasteiger partial charge is 0.476 e. The summed E-state index contributed by atoms with van der Waals surface area (Å²) in [6, 6.07) is 7.36. The van der Waals surface area contributed by atoms with E-state index in [1.54, 1.807) is 10.7 Å². The van der Waals surface area contributed by atoms with E-state index in [-0.39, 0.29) is 5.69 Å². The Bertz CT molecular complexity index is 694. The van der Waals surface area contributed by atoms with E-state index in [1.165, 1.54) is 0 Å². The lowest BCUT2D eigenvalue weighted by Crippen LogP contribution is -2.16. The second-order valence-electron chi connectivity index (χ2n) is 5.49. The molecule has 1 heterocycles. The maximum Gasteiger partial charge on any atom is 0.356 e. The van der Waals surface area contributed by atoms with Gasteiger partial charge in [0.1, 0.15) is 0 Å². The van der Waals surface area contributed by atoms with Crippen LogP contribution < -0.4 is 0 Å². The van der Waals surface area contributed by atoms with Crippen LogP contribution in [-0.2, 0) is 12.8 Å². The molecular formula is C16H17ClN2O2. The first kappa shape index (κ1) is 14.1. The van der Waals surface area contributed by atoms with Gasteiger partial charge in [0.25, 0.3) is 0 Å². The number of aromatic carboxylic acids is 1. The third-order valence-electron chi connectivity index (χ3n) is 4.20. The second kappa shape index (κ2) is 5.53. The fourth-order valence-corrected chi connectivity index (χ4v) is 3.21. The molecule has 0 aliphatic heterocycles. The molecule has 3 rings (SSSR count). The third-order valence-corrected chi connectivity index (χ3v) is 4.44. The normalized spacial score (nSPS) is 17.5. The van der Waals surface area contributed by atoms with E-state index < -0.39 is 5.97 Å². The van der Waals surface area contributed by atoms with Crippen LogP contribution in [0.15, 0.2) is 24.3 Å². The van der Waals surface area contributed by atoms with E-state index in [9.17, 15) is 9.90 Å². The Labute approximate surface area is 128 Å². The van der Waals surface area contributed by atoms with Gasteiger partial charge in [-0.25, -0.2) is 9.48 Å². The highest BCUT2D eigenvalue weighted by molar-refractivity contribution is 6.30. The smallest absolute Gasteiger partial charge is 0.356 e. The van der Waals surface area contributed by atoms with Gasteiger partial charge in [-0.15, -0.1) is 0 Å². The van der Waals surface area contributed by atoms with E-state index in [4.69, 9.17) is 11.6 Å². The van der Waals surface area contributed by atoms with Crippen molar-refractivity contribution >= 4 is 17.6 Å². The average molecular weight is 305 g/mol. The highest BCUT2D eigenvalue weighted by Gasteiger charge is 2.28. The minimum absolute atomic E-state index is 0.183. The molecule has 0 bridgehead atoms. The summed E-state index contributed by atoms with van der Waals surface area (Å²) in [6.07, 6.45) is 3.81. The first-order chi connectivity index (χ1) is 10.1. The van der Waals surface area contributed by atoms with E-state index in [0.29, 0.717) is 10.9 Å². The van der Waals surface area contributed by atoms with Crippen molar-refractivity contribution in [1.82, 2.24) is 9.78 Å². The molecule has 1 unspecified atom stereocenters. The van der Waals surface area contributed by atoms with Crippen molar-refractivity contribution in [1.29, 1.82) is 0 Å². The molecule has 21 heavy (non-hydrogen) atoms. The maximum atomic E-state index is 11.5. The molecule has 1 N–H and O–H groups in total. The predicted molar refractivity (Wildman–Crippen MR) is 81.3 cm³/mol. The van der Waals surface area contributed by atoms with Gasteiger partial charge in [0, 0.05) is 16.3 Å². The van der Waals surface area contributed by atoms with Crippen molar-refractivity contribution in [2.45, 2.75) is 32.6 Å². The Balaban J connectivity index is 2.13. The number of halogens is 1. The van der Waals surface area contributed by atoms with Gasteiger partial charge in [-0.1, -0.05) is 31.0 Å². The molecule has 0 spiro atoms. The zero-order chi connectivity index (χ0) is 15.0. The molecule has 0 amide bonds. The molecule has 4 nitrogen and oxygen atoms in total. The van der Waals surface area contributed by atoms with Crippen LogP contribution in [0.4, 0.5) is 0 Å². The SMILES string of the molecule is CCC1CCc2c(c(C(=O)O)nn2-c2cccc(Cl)c2)C1. The van der Waals surface area contributed by atoms with E-state index in [1.807, 2.05) is 18.2 Å². The molecule has 1 atom stereocenters. The number of benzene rings is 1. The zero-order valence-corrected chi connectivity index (χ0v) is 12.6. The molecule has 1 aliphatic carbocycles. The quantitative estimate of drug-likeness (QED) is 0.940. The third kappa shape index (κ3) is 2.56. The minimum atomic E-state index is -0.955. The number of fused-ring (bicyclic) bond motifs is 1. The van der Waals surface area contributed by atoms with Crippen molar-refractivity contribution in [3.63, 3.8) is 0 Å². The molecule has 0 saturated heterocycles. The van der Waals surface area contributed by atoms with Crippen molar-refractivity contribution < 1.29 is 9.90 Å². The molecule has 5 heteroatoms. The van der Waals surface area contributed by atoms with Crippen LogP contribution in [0.25, 0.3) is 5.69 Å². The molecular weight excluding hydrogens is 288 g/mol. The standard InChI is InChI=1S/C16H17ClN2O2/c1-2-10-6-7-14-13(8-10)15(16(20)21)18-19(14)12-5-3-4-11(17)9-12/h3-5,9-10H,2,6-8H2,1H3,(H,20,21). The van der Waals surface area contributed by atoms with Crippen molar-refractivity contribution in [2.75, 3.05) is 0 Å². The van der Waals surface area contributed by atoms with Crippen LogP contribution in [0.5, 0.6) is 0 Å². The number of hydrogen-bond donors (Lipinski definition) is 1. The fourth-order valence-electron chi connectivity index (χ4n) is 3.03. The highest BCUT2D eigenvalue weighted by atomic mass is 35.5. The van der Waals surface area contributed by atoms with Crippen LogP contribution in [0.3, 0.4) is 0 Å². The van der Waals surface area contributed by atoms with E-state index in [2.05, 4.69) is 12.0 Å². The molecule has 1 aromatic carbocycles. The molecule has 0 radical (unpaired) electrons. The lowest BCUT2D eigenvalue weighted by atomic mass is 9.85. The first-order valence-electron chi connectivity index (χ1n) is 7.20.